The third kappa shape index (κ3) is 3.94. The monoisotopic (exact) mass is 379 g/mol. The summed E-state index contributed by atoms with van der Waals surface area (Å²) in [5.74, 6) is 1.11. The normalized spacial score (nSPS) is 19.2. The van der Waals surface area contributed by atoms with Crippen LogP contribution in [0.5, 0.6) is 0 Å². The van der Waals surface area contributed by atoms with Crippen LogP contribution in [0.3, 0.4) is 0 Å². The van der Waals surface area contributed by atoms with Crippen molar-refractivity contribution in [3.05, 3.63) is 22.8 Å². The fourth-order valence-corrected chi connectivity index (χ4v) is 4.19. The average molecular weight is 381 g/mol. The van der Waals surface area contributed by atoms with Gasteiger partial charge in [-0.3, -0.25) is 0 Å². The van der Waals surface area contributed by atoms with Crippen LogP contribution < -0.4 is 0 Å². The number of alkyl halides is 1. The Bertz CT molecular complexity index is 352. The van der Waals surface area contributed by atoms with E-state index in [0.717, 1.165) is 46.6 Å². The molecule has 2 nitrogen and oxygen atoms in total. The molecule has 1 aromatic heterocycles. The number of hydrogen-bond acceptors (Lipinski definition) is 3. The van der Waals surface area contributed by atoms with Crippen LogP contribution in [0.25, 0.3) is 0 Å². The molecule has 1 fully saturated rings. The Kier molecular flexibility index (Phi) is 5.33. The van der Waals surface area contributed by atoms with Gasteiger partial charge in [0, 0.05) is 35.0 Å². The second-order valence-electron chi connectivity index (χ2n) is 4.35. The maximum absolute atomic E-state index is 5.44. The summed E-state index contributed by atoms with van der Waals surface area (Å²) in [6.07, 6.45) is 4.14. The van der Waals surface area contributed by atoms with Gasteiger partial charge in [-0.25, -0.2) is 4.98 Å². The van der Waals surface area contributed by atoms with E-state index < -0.39 is 0 Å². The number of nitrogens with zero attached hydrogens (tertiary/aromatic N) is 1. The largest absolute Gasteiger partial charge is 0.381 e. The lowest BCUT2D eigenvalue weighted by Crippen LogP contribution is -2.33. The topological polar surface area (TPSA) is 22.1 Å². The molecule has 17 heavy (non-hydrogen) atoms. The lowest BCUT2D eigenvalue weighted by Gasteiger charge is -2.35. The number of pyridine rings is 1. The summed E-state index contributed by atoms with van der Waals surface area (Å²) in [6.45, 7) is 1.78. The molecule has 5 heteroatoms. The predicted octanol–water partition coefficient (Wildman–Crippen LogP) is 4.13. The molecule has 0 N–H and O–H groups in total. The SMILES string of the molecule is BrCC1(CSc2ccc(Br)cn2)CCOCC1. The van der Waals surface area contributed by atoms with E-state index in [1.165, 1.54) is 0 Å². The van der Waals surface area contributed by atoms with Gasteiger partial charge in [0.25, 0.3) is 0 Å². The summed E-state index contributed by atoms with van der Waals surface area (Å²) >= 11 is 8.90. The number of hydrogen-bond donors (Lipinski definition) is 0. The van der Waals surface area contributed by atoms with Crippen molar-refractivity contribution in [2.24, 2.45) is 5.41 Å². The molecule has 0 radical (unpaired) electrons. The summed E-state index contributed by atoms with van der Waals surface area (Å²) in [6, 6.07) is 4.11. The molecule has 1 aliphatic heterocycles. The minimum Gasteiger partial charge on any atom is -0.381 e. The van der Waals surface area contributed by atoms with Crippen molar-refractivity contribution in [2.45, 2.75) is 17.9 Å². The molecule has 1 aromatic rings. The molecule has 0 atom stereocenters. The minimum absolute atomic E-state index is 0.373. The Morgan fingerprint density at radius 2 is 2.12 bits per heavy atom. The quantitative estimate of drug-likeness (QED) is 0.579. The van der Waals surface area contributed by atoms with Crippen molar-refractivity contribution < 1.29 is 4.74 Å². The third-order valence-electron chi connectivity index (χ3n) is 3.06. The Morgan fingerprint density at radius 3 is 2.71 bits per heavy atom. The Balaban J connectivity index is 1.93. The van der Waals surface area contributed by atoms with Crippen LogP contribution in [0.15, 0.2) is 27.8 Å². The zero-order chi connectivity index (χ0) is 12.1. The van der Waals surface area contributed by atoms with Gasteiger partial charge in [-0.05, 0) is 46.3 Å². The lowest BCUT2D eigenvalue weighted by molar-refractivity contribution is 0.0374. The van der Waals surface area contributed by atoms with Crippen molar-refractivity contribution in [3.8, 4) is 0 Å². The fraction of sp³-hybridized carbons (Fsp3) is 0.583. The van der Waals surface area contributed by atoms with Gasteiger partial charge in [-0.2, -0.15) is 0 Å². The smallest absolute Gasteiger partial charge is 0.0960 e. The molecule has 0 unspecified atom stereocenters. The van der Waals surface area contributed by atoms with E-state index in [4.69, 9.17) is 4.74 Å². The second-order valence-corrected chi connectivity index (χ2v) is 6.82. The minimum atomic E-state index is 0.373. The molecule has 0 aromatic carbocycles. The molecule has 0 aliphatic carbocycles. The van der Waals surface area contributed by atoms with Crippen molar-refractivity contribution in [2.75, 3.05) is 24.3 Å². The van der Waals surface area contributed by atoms with E-state index in [9.17, 15) is 0 Å². The first-order valence-corrected chi connectivity index (χ1v) is 8.52. The molecule has 2 rings (SSSR count). The van der Waals surface area contributed by atoms with E-state index in [1.54, 1.807) is 0 Å². The van der Waals surface area contributed by atoms with Crippen molar-refractivity contribution in [1.29, 1.82) is 0 Å². The molecule has 0 amide bonds. The molecule has 2 heterocycles. The van der Waals surface area contributed by atoms with Gasteiger partial charge in [-0.1, -0.05) is 15.9 Å². The molecule has 94 valence electrons. The molecule has 0 bridgehead atoms. The van der Waals surface area contributed by atoms with Crippen LogP contribution in [0.2, 0.25) is 0 Å². The van der Waals surface area contributed by atoms with Crippen LogP contribution in [-0.4, -0.2) is 29.3 Å². The standard InChI is InChI=1S/C12H15Br2NOS/c13-8-12(3-5-16-6-4-12)9-17-11-2-1-10(14)7-15-11/h1-2,7H,3-6,8-9H2. The van der Waals surface area contributed by atoms with Gasteiger partial charge in [0.1, 0.15) is 0 Å². The van der Waals surface area contributed by atoms with E-state index in [-0.39, 0.29) is 0 Å². The maximum atomic E-state index is 5.44. The van der Waals surface area contributed by atoms with Gasteiger partial charge < -0.3 is 4.74 Å². The highest BCUT2D eigenvalue weighted by Gasteiger charge is 2.31. The zero-order valence-corrected chi connectivity index (χ0v) is 13.5. The van der Waals surface area contributed by atoms with E-state index in [1.807, 2.05) is 24.0 Å². The summed E-state index contributed by atoms with van der Waals surface area (Å²) < 4.78 is 6.47. The first-order valence-electron chi connectivity index (χ1n) is 5.62. The number of rotatable bonds is 4. The highest BCUT2D eigenvalue weighted by atomic mass is 79.9. The summed E-state index contributed by atoms with van der Waals surface area (Å²) in [7, 11) is 0. The van der Waals surface area contributed by atoms with Gasteiger partial charge in [0.2, 0.25) is 0 Å². The van der Waals surface area contributed by atoms with Crippen LogP contribution in [0.4, 0.5) is 0 Å². The Morgan fingerprint density at radius 1 is 1.35 bits per heavy atom. The summed E-state index contributed by atoms with van der Waals surface area (Å²) in [5, 5.41) is 2.15. The molecular weight excluding hydrogens is 366 g/mol. The van der Waals surface area contributed by atoms with E-state index >= 15 is 0 Å². The molecule has 1 saturated heterocycles. The average Bonchev–Trinajstić information content (AvgIpc) is 2.39. The highest BCUT2D eigenvalue weighted by Crippen LogP contribution is 2.37. The predicted molar refractivity (Wildman–Crippen MR) is 78.9 cm³/mol. The molecule has 0 spiro atoms. The second kappa shape index (κ2) is 6.55. The van der Waals surface area contributed by atoms with Crippen molar-refractivity contribution >= 4 is 43.6 Å². The van der Waals surface area contributed by atoms with Crippen LogP contribution >= 0.6 is 43.6 Å². The van der Waals surface area contributed by atoms with Crippen molar-refractivity contribution in [1.82, 2.24) is 4.98 Å². The van der Waals surface area contributed by atoms with Crippen molar-refractivity contribution in [3.63, 3.8) is 0 Å². The number of thioether (sulfide) groups is 1. The van der Waals surface area contributed by atoms with Gasteiger partial charge in [-0.15, -0.1) is 11.8 Å². The number of ether oxygens (including phenoxy) is 1. The first kappa shape index (κ1) is 13.8. The fourth-order valence-electron chi connectivity index (χ4n) is 1.80. The van der Waals surface area contributed by atoms with E-state index in [0.29, 0.717) is 5.41 Å². The number of halogens is 2. The maximum Gasteiger partial charge on any atom is 0.0960 e. The lowest BCUT2D eigenvalue weighted by atomic mass is 9.85. The summed E-state index contributed by atoms with van der Waals surface area (Å²) in [5.41, 5.74) is 0.373. The van der Waals surface area contributed by atoms with E-state index in [2.05, 4.69) is 42.9 Å². The third-order valence-corrected chi connectivity index (χ3v) is 6.02. The first-order chi connectivity index (χ1) is 8.24. The van der Waals surface area contributed by atoms with Gasteiger partial charge >= 0.3 is 0 Å². The zero-order valence-electron chi connectivity index (χ0n) is 9.49. The van der Waals surface area contributed by atoms with Crippen LogP contribution in [0.1, 0.15) is 12.8 Å². The van der Waals surface area contributed by atoms with Crippen LogP contribution in [0, 0.1) is 5.41 Å². The summed E-state index contributed by atoms with van der Waals surface area (Å²) in [4.78, 5) is 4.40. The molecular formula is C12H15Br2NOS. The number of aromatic nitrogens is 1. The highest BCUT2D eigenvalue weighted by molar-refractivity contribution is 9.10. The van der Waals surface area contributed by atoms with Crippen LogP contribution in [-0.2, 0) is 4.74 Å². The van der Waals surface area contributed by atoms with Gasteiger partial charge in [0.15, 0.2) is 0 Å². The molecule has 0 saturated carbocycles. The Labute approximate surface area is 123 Å². The van der Waals surface area contributed by atoms with Gasteiger partial charge in [0.05, 0.1) is 5.03 Å². The Hall–Kier alpha value is 0.420. The molecule has 1 aliphatic rings.